The van der Waals surface area contributed by atoms with Crippen LogP contribution in [0.4, 0.5) is 4.79 Å². The summed E-state index contributed by atoms with van der Waals surface area (Å²) in [5, 5.41) is 6.03. The normalized spacial score (nSPS) is 29.1. The standard InChI is InChI=1S/C14H27N3O2/c1-17(2)12-6-5-11(9-12)16-13(18)15-10-14(19-3)7-4-8-14/h11-12H,4-10H2,1-3H3,(H2,15,16,18)/t11-,12-/m0/s1. The van der Waals surface area contributed by atoms with E-state index in [0.29, 0.717) is 18.6 Å². The van der Waals surface area contributed by atoms with Crippen LogP contribution in [0.2, 0.25) is 0 Å². The van der Waals surface area contributed by atoms with E-state index in [9.17, 15) is 4.79 Å². The van der Waals surface area contributed by atoms with Crippen molar-refractivity contribution in [3.05, 3.63) is 0 Å². The van der Waals surface area contributed by atoms with Gasteiger partial charge in [-0.3, -0.25) is 0 Å². The van der Waals surface area contributed by atoms with Gasteiger partial charge in [-0.05, 0) is 52.6 Å². The number of hydrogen-bond donors (Lipinski definition) is 2. The Kier molecular flexibility index (Phi) is 4.68. The van der Waals surface area contributed by atoms with Crippen LogP contribution in [-0.2, 0) is 4.74 Å². The molecular weight excluding hydrogens is 242 g/mol. The van der Waals surface area contributed by atoms with Crippen molar-refractivity contribution in [3.8, 4) is 0 Å². The summed E-state index contributed by atoms with van der Waals surface area (Å²) in [6, 6.07) is 0.863. The van der Waals surface area contributed by atoms with Crippen molar-refractivity contribution < 1.29 is 9.53 Å². The molecule has 0 radical (unpaired) electrons. The third-order valence-electron chi connectivity index (χ3n) is 4.74. The van der Waals surface area contributed by atoms with Crippen molar-refractivity contribution in [3.63, 3.8) is 0 Å². The summed E-state index contributed by atoms with van der Waals surface area (Å²) < 4.78 is 5.49. The predicted octanol–water partition coefficient (Wildman–Crippen LogP) is 1.34. The lowest BCUT2D eigenvalue weighted by Crippen LogP contribution is -2.52. The topological polar surface area (TPSA) is 53.6 Å². The lowest BCUT2D eigenvalue weighted by Gasteiger charge is -2.40. The Morgan fingerprint density at radius 2 is 2.11 bits per heavy atom. The lowest BCUT2D eigenvalue weighted by atomic mass is 9.80. The Morgan fingerprint density at radius 1 is 1.37 bits per heavy atom. The SMILES string of the molecule is COC1(CNC(=O)N[C@H]2CC[C@H](N(C)C)C2)CCC1. The largest absolute Gasteiger partial charge is 0.376 e. The quantitative estimate of drug-likeness (QED) is 0.792. The number of nitrogens with zero attached hydrogens (tertiary/aromatic N) is 1. The summed E-state index contributed by atoms with van der Waals surface area (Å²) >= 11 is 0. The molecule has 5 nitrogen and oxygen atoms in total. The lowest BCUT2D eigenvalue weighted by molar-refractivity contribution is -0.0674. The first-order valence-electron chi connectivity index (χ1n) is 7.31. The van der Waals surface area contributed by atoms with Gasteiger partial charge in [0.2, 0.25) is 0 Å². The minimum Gasteiger partial charge on any atom is -0.376 e. The van der Waals surface area contributed by atoms with Gasteiger partial charge in [0.1, 0.15) is 0 Å². The van der Waals surface area contributed by atoms with Gasteiger partial charge in [0, 0.05) is 25.7 Å². The van der Waals surface area contributed by atoms with Crippen LogP contribution in [0.25, 0.3) is 0 Å². The van der Waals surface area contributed by atoms with Crippen LogP contribution in [0, 0.1) is 0 Å². The fraction of sp³-hybridized carbons (Fsp3) is 0.929. The van der Waals surface area contributed by atoms with E-state index in [0.717, 1.165) is 25.7 Å². The van der Waals surface area contributed by atoms with Gasteiger partial charge in [-0.2, -0.15) is 0 Å². The molecule has 0 aromatic carbocycles. The molecule has 2 aliphatic rings. The predicted molar refractivity (Wildman–Crippen MR) is 75.2 cm³/mol. The third-order valence-corrected chi connectivity index (χ3v) is 4.74. The smallest absolute Gasteiger partial charge is 0.315 e. The van der Waals surface area contributed by atoms with Crippen molar-refractivity contribution >= 4 is 6.03 Å². The Balaban J connectivity index is 1.67. The second-order valence-corrected chi connectivity index (χ2v) is 6.20. The molecule has 0 aliphatic heterocycles. The first kappa shape index (κ1) is 14.6. The van der Waals surface area contributed by atoms with Crippen molar-refractivity contribution in [2.45, 2.75) is 56.2 Å². The van der Waals surface area contributed by atoms with E-state index < -0.39 is 0 Å². The molecule has 19 heavy (non-hydrogen) atoms. The van der Waals surface area contributed by atoms with E-state index in [1.807, 2.05) is 0 Å². The zero-order valence-electron chi connectivity index (χ0n) is 12.4. The minimum atomic E-state index is -0.0980. The molecule has 2 atom stereocenters. The number of carbonyl (C=O) groups is 1. The Bertz CT molecular complexity index is 310. The fourth-order valence-electron chi connectivity index (χ4n) is 3.06. The highest BCUT2D eigenvalue weighted by Crippen LogP contribution is 2.34. The Morgan fingerprint density at radius 3 is 2.58 bits per heavy atom. The van der Waals surface area contributed by atoms with E-state index in [1.54, 1.807) is 7.11 Å². The van der Waals surface area contributed by atoms with Gasteiger partial charge in [0.25, 0.3) is 0 Å². The second-order valence-electron chi connectivity index (χ2n) is 6.20. The van der Waals surface area contributed by atoms with Gasteiger partial charge in [-0.1, -0.05) is 0 Å². The summed E-state index contributed by atoms with van der Waals surface area (Å²) in [4.78, 5) is 14.1. The molecule has 0 saturated heterocycles. The number of hydrogen-bond acceptors (Lipinski definition) is 3. The molecule has 0 heterocycles. The molecule has 2 saturated carbocycles. The van der Waals surface area contributed by atoms with Crippen LogP contribution < -0.4 is 10.6 Å². The van der Waals surface area contributed by atoms with E-state index >= 15 is 0 Å². The molecule has 2 fully saturated rings. The molecule has 5 heteroatoms. The molecule has 0 spiro atoms. The zero-order chi connectivity index (χ0) is 13.9. The van der Waals surface area contributed by atoms with Crippen molar-refractivity contribution in [2.75, 3.05) is 27.7 Å². The molecule has 0 aromatic heterocycles. The van der Waals surface area contributed by atoms with Crippen LogP contribution >= 0.6 is 0 Å². The van der Waals surface area contributed by atoms with Crippen LogP contribution in [0.1, 0.15) is 38.5 Å². The molecule has 2 N–H and O–H groups in total. The van der Waals surface area contributed by atoms with E-state index in [1.165, 1.54) is 12.8 Å². The zero-order valence-corrected chi connectivity index (χ0v) is 12.4. The molecule has 110 valence electrons. The van der Waals surface area contributed by atoms with Gasteiger partial charge in [0.15, 0.2) is 0 Å². The van der Waals surface area contributed by atoms with Crippen molar-refractivity contribution in [1.29, 1.82) is 0 Å². The number of rotatable bonds is 5. The molecule has 0 aromatic rings. The maximum absolute atomic E-state index is 11.9. The summed E-state index contributed by atoms with van der Waals surface area (Å²) in [7, 11) is 5.94. The van der Waals surface area contributed by atoms with Crippen molar-refractivity contribution in [1.82, 2.24) is 15.5 Å². The number of carbonyl (C=O) groups excluding carboxylic acids is 1. The summed E-state index contributed by atoms with van der Waals surface area (Å²) in [6.07, 6.45) is 6.59. The molecule has 0 bridgehead atoms. The molecule has 2 amide bonds. The number of methoxy groups -OCH3 is 1. The molecule has 0 unspecified atom stereocenters. The van der Waals surface area contributed by atoms with Gasteiger partial charge in [-0.15, -0.1) is 0 Å². The van der Waals surface area contributed by atoms with Crippen LogP contribution in [0.5, 0.6) is 0 Å². The van der Waals surface area contributed by atoms with E-state index in [-0.39, 0.29) is 11.6 Å². The van der Waals surface area contributed by atoms with Gasteiger partial charge >= 0.3 is 6.03 Å². The maximum atomic E-state index is 11.9. The summed E-state index contributed by atoms with van der Waals surface area (Å²) in [6.45, 7) is 0.624. The Labute approximate surface area is 116 Å². The highest BCUT2D eigenvalue weighted by molar-refractivity contribution is 5.74. The Hall–Kier alpha value is -0.810. The number of urea groups is 1. The van der Waals surface area contributed by atoms with Crippen LogP contribution in [0.3, 0.4) is 0 Å². The monoisotopic (exact) mass is 269 g/mol. The van der Waals surface area contributed by atoms with Gasteiger partial charge in [-0.25, -0.2) is 4.79 Å². The van der Waals surface area contributed by atoms with Crippen LogP contribution in [-0.4, -0.2) is 56.4 Å². The fourth-order valence-corrected chi connectivity index (χ4v) is 3.06. The highest BCUT2D eigenvalue weighted by atomic mass is 16.5. The average Bonchev–Trinajstić information content (AvgIpc) is 2.77. The first-order valence-corrected chi connectivity index (χ1v) is 7.31. The number of amides is 2. The van der Waals surface area contributed by atoms with Crippen molar-refractivity contribution in [2.24, 2.45) is 0 Å². The average molecular weight is 269 g/mol. The van der Waals surface area contributed by atoms with Crippen LogP contribution in [0.15, 0.2) is 0 Å². The van der Waals surface area contributed by atoms with Gasteiger partial charge in [0.05, 0.1) is 5.60 Å². The first-order chi connectivity index (χ1) is 9.04. The van der Waals surface area contributed by atoms with Gasteiger partial charge < -0.3 is 20.3 Å². The number of nitrogens with one attached hydrogen (secondary N) is 2. The molecular formula is C14H27N3O2. The summed E-state index contributed by atoms with van der Waals surface area (Å²) in [5.74, 6) is 0. The second kappa shape index (κ2) is 6.09. The minimum absolute atomic E-state index is 0.0484. The molecule has 2 aliphatic carbocycles. The van der Waals surface area contributed by atoms with E-state index in [2.05, 4.69) is 29.6 Å². The summed E-state index contributed by atoms with van der Waals surface area (Å²) in [5.41, 5.74) is -0.0980. The maximum Gasteiger partial charge on any atom is 0.315 e. The number of ether oxygens (including phenoxy) is 1. The molecule has 2 rings (SSSR count). The van der Waals surface area contributed by atoms with E-state index in [4.69, 9.17) is 4.74 Å². The third kappa shape index (κ3) is 3.60. The highest BCUT2D eigenvalue weighted by Gasteiger charge is 2.37.